The highest BCUT2D eigenvalue weighted by molar-refractivity contribution is 9.10. The molecule has 0 bridgehead atoms. The third kappa shape index (κ3) is 1.87. The molecule has 0 saturated carbocycles. The lowest BCUT2D eigenvalue weighted by Crippen LogP contribution is -1.82. The van der Waals surface area contributed by atoms with Gasteiger partial charge in [0.15, 0.2) is 5.65 Å². The van der Waals surface area contributed by atoms with Crippen LogP contribution in [0.25, 0.3) is 33.5 Å². The molecule has 20 heavy (non-hydrogen) atoms. The topological polar surface area (TPSA) is 54.5 Å². The van der Waals surface area contributed by atoms with E-state index in [0.717, 1.165) is 37.9 Å². The number of nitrogens with zero attached hydrogens (tertiary/aromatic N) is 3. The Hall–Kier alpha value is -2.27. The van der Waals surface area contributed by atoms with Crippen molar-refractivity contribution in [2.45, 2.75) is 0 Å². The molecular weight excluding hydrogens is 316 g/mol. The summed E-state index contributed by atoms with van der Waals surface area (Å²) in [6.07, 6.45) is 3.54. The first-order chi connectivity index (χ1) is 9.79. The fourth-order valence-corrected chi connectivity index (χ4v) is 2.57. The van der Waals surface area contributed by atoms with Gasteiger partial charge < -0.3 is 4.98 Å². The lowest BCUT2D eigenvalue weighted by molar-refractivity contribution is 1.30. The standard InChI is InChI=1S/C15H9BrN4/c16-11-7-13-15(18-8-11)20-14(19-13)10-3-4-12-9(6-10)2-1-5-17-12/h1-8H,(H,18,19,20). The number of aromatic nitrogens is 4. The molecule has 0 saturated heterocycles. The quantitative estimate of drug-likeness (QED) is 0.577. The number of rotatable bonds is 1. The summed E-state index contributed by atoms with van der Waals surface area (Å²) >= 11 is 3.41. The highest BCUT2D eigenvalue weighted by Crippen LogP contribution is 2.24. The average Bonchev–Trinajstić information content (AvgIpc) is 2.89. The van der Waals surface area contributed by atoms with Gasteiger partial charge in [0.1, 0.15) is 5.82 Å². The predicted octanol–water partition coefficient (Wildman–Crippen LogP) is 3.94. The van der Waals surface area contributed by atoms with Crippen molar-refractivity contribution < 1.29 is 0 Å². The van der Waals surface area contributed by atoms with Crippen LogP contribution in [-0.2, 0) is 0 Å². The number of halogens is 1. The van der Waals surface area contributed by atoms with E-state index in [1.54, 1.807) is 12.4 Å². The first-order valence-electron chi connectivity index (χ1n) is 6.16. The summed E-state index contributed by atoms with van der Waals surface area (Å²) in [5, 5.41) is 1.10. The Kier molecular flexibility index (Phi) is 2.53. The Morgan fingerprint density at radius 2 is 2.00 bits per heavy atom. The first-order valence-corrected chi connectivity index (χ1v) is 6.95. The van der Waals surface area contributed by atoms with Crippen LogP contribution in [0.2, 0.25) is 0 Å². The van der Waals surface area contributed by atoms with E-state index in [4.69, 9.17) is 0 Å². The Morgan fingerprint density at radius 3 is 2.95 bits per heavy atom. The molecule has 1 N–H and O–H groups in total. The molecule has 4 aromatic rings. The summed E-state index contributed by atoms with van der Waals surface area (Å²) in [6, 6.07) is 12.0. The summed E-state index contributed by atoms with van der Waals surface area (Å²) < 4.78 is 0.933. The maximum absolute atomic E-state index is 4.52. The van der Waals surface area contributed by atoms with Gasteiger partial charge in [-0.15, -0.1) is 0 Å². The fraction of sp³-hybridized carbons (Fsp3) is 0. The van der Waals surface area contributed by atoms with Crippen molar-refractivity contribution in [3.63, 3.8) is 0 Å². The molecule has 0 aliphatic rings. The van der Waals surface area contributed by atoms with Gasteiger partial charge in [-0.1, -0.05) is 6.07 Å². The molecule has 1 aromatic carbocycles. The van der Waals surface area contributed by atoms with Crippen molar-refractivity contribution in [1.82, 2.24) is 19.9 Å². The van der Waals surface area contributed by atoms with E-state index < -0.39 is 0 Å². The van der Waals surface area contributed by atoms with E-state index >= 15 is 0 Å². The summed E-state index contributed by atoms with van der Waals surface area (Å²) in [6.45, 7) is 0. The normalized spacial score (nSPS) is 11.2. The molecule has 96 valence electrons. The number of hydrogen-bond donors (Lipinski definition) is 1. The van der Waals surface area contributed by atoms with Crippen LogP contribution >= 0.6 is 15.9 Å². The third-order valence-corrected chi connectivity index (χ3v) is 3.61. The van der Waals surface area contributed by atoms with Gasteiger partial charge in [0.05, 0.1) is 11.0 Å². The van der Waals surface area contributed by atoms with Crippen LogP contribution in [0.1, 0.15) is 0 Å². The summed E-state index contributed by atoms with van der Waals surface area (Å²) in [5.41, 5.74) is 3.64. The van der Waals surface area contributed by atoms with E-state index in [2.05, 4.69) is 41.9 Å². The number of hydrogen-bond acceptors (Lipinski definition) is 3. The molecule has 0 aliphatic carbocycles. The third-order valence-electron chi connectivity index (χ3n) is 3.18. The highest BCUT2D eigenvalue weighted by atomic mass is 79.9. The number of aromatic amines is 1. The SMILES string of the molecule is Brc1cnc2nc(-c3ccc4ncccc4c3)[nH]c2c1. The molecular formula is C15H9BrN4. The second kappa shape index (κ2) is 4.38. The molecule has 0 unspecified atom stereocenters. The first kappa shape index (κ1) is 11.5. The lowest BCUT2D eigenvalue weighted by Gasteiger charge is -1.99. The molecule has 0 fully saturated rings. The van der Waals surface area contributed by atoms with Gasteiger partial charge >= 0.3 is 0 Å². The maximum atomic E-state index is 4.52. The Bertz CT molecular complexity index is 929. The monoisotopic (exact) mass is 324 g/mol. The van der Waals surface area contributed by atoms with Gasteiger partial charge in [0, 0.05) is 27.8 Å². The van der Waals surface area contributed by atoms with E-state index in [0.29, 0.717) is 0 Å². The molecule has 0 spiro atoms. The molecule has 4 rings (SSSR count). The van der Waals surface area contributed by atoms with Gasteiger partial charge in [0.25, 0.3) is 0 Å². The lowest BCUT2D eigenvalue weighted by atomic mass is 10.1. The minimum atomic E-state index is 0.717. The predicted molar refractivity (Wildman–Crippen MR) is 82.3 cm³/mol. The summed E-state index contributed by atoms with van der Waals surface area (Å²) in [7, 11) is 0. The number of fused-ring (bicyclic) bond motifs is 2. The molecule has 3 aromatic heterocycles. The largest absolute Gasteiger partial charge is 0.337 e. The zero-order valence-corrected chi connectivity index (χ0v) is 11.9. The van der Waals surface area contributed by atoms with Crippen molar-refractivity contribution in [2.75, 3.05) is 0 Å². The van der Waals surface area contributed by atoms with Crippen molar-refractivity contribution in [1.29, 1.82) is 0 Å². The van der Waals surface area contributed by atoms with Crippen LogP contribution in [0.5, 0.6) is 0 Å². The van der Waals surface area contributed by atoms with Gasteiger partial charge in [-0.2, -0.15) is 0 Å². The minimum Gasteiger partial charge on any atom is -0.337 e. The zero-order valence-electron chi connectivity index (χ0n) is 10.3. The van der Waals surface area contributed by atoms with Crippen LogP contribution in [0.15, 0.2) is 53.3 Å². The zero-order chi connectivity index (χ0) is 13.5. The van der Waals surface area contributed by atoms with Gasteiger partial charge in [0.2, 0.25) is 0 Å². The van der Waals surface area contributed by atoms with E-state index in [-0.39, 0.29) is 0 Å². The average molecular weight is 325 g/mol. The van der Waals surface area contributed by atoms with Crippen LogP contribution in [0.3, 0.4) is 0 Å². The number of benzene rings is 1. The molecule has 5 heteroatoms. The second-order valence-corrected chi connectivity index (χ2v) is 5.44. The van der Waals surface area contributed by atoms with Crippen molar-refractivity contribution in [3.8, 4) is 11.4 Å². The maximum Gasteiger partial charge on any atom is 0.178 e. The molecule has 0 radical (unpaired) electrons. The molecule has 0 atom stereocenters. The summed E-state index contributed by atoms with van der Waals surface area (Å²) in [4.78, 5) is 16.4. The van der Waals surface area contributed by atoms with Crippen molar-refractivity contribution in [2.24, 2.45) is 0 Å². The smallest absolute Gasteiger partial charge is 0.178 e. The molecule has 0 amide bonds. The molecule has 4 nitrogen and oxygen atoms in total. The van der Waals surface area contributed by atoms with E-state index in [9.17, 15) is 0 Å². The van der Waals surface area contributed by atoms with Gasteiger partial charge in [-0.3, -0.25) is 4.98 Å². The van der Waals surface area contributed by atoms with Crippen LogP contribution in [-0.4, -0.2) is 19.9 Å². The number of pyridine rings is 2. The molecule has 0 aliphatic heterocycles. The number of nitrogens with one attached hydrogen (secondary N) is 1. The minimum absolute atomic E-state index is 0.717. The van der Waals surface area contributed by atoms with Crippen molar-refractivity contribution in [3.05, 3.63) is 53.3 Å². The van der Waals surface area contributed by atoms with Crippen LogP contribution in [0.4, 0.5) is 0 Å². The molecule has 3 heterocycles. The fourth-order valence-electron chi connectivity index (χ4n) is 2.23. The Labute approximate surface area is 123 Å². The second-order valence-electron chi connectivity index (χ2n) is 4.52. The summed E-state index contributed by atoms with van der Waals surface area (Å²) in [5.74, 6) is 0.816. The van der Waals surface area contributed by atoms with Gasteiger partial charge in [-0.05, 0) is 46.3 Å². The van der Waals surface area contributed by atoms with Gasteiger partial charge in [-0.25, -0.2) is 9.97 Å². The number of imidazole rings is 1. The van der Waals surface area contributed by atoms with E-state index in [1.165, 1.54) is 0 Å². The Morgan fingerprint density at radius 1 is 1.05 bits per heavy atom. The van der Waals surface area contributed by atoms with Crippen LogP contribution in [0, 0.1) is 0 Å². The number of H-pyrrole nitrogens is 1. The highest BCUT2D eigenvalue weighted by Gasteiger charge is 2.07. The van der Waals surface area contributed by atoms with Crippen LogP contribution < -0.4 is 0 Å². The Balaban J connectivity index is 1.91. The van der Waals surface area contributed by atoms with E-state index in [1.807, 2.05) is 30.3 Å². The van der Waals surface area contributed by atoms with Crippen molar-refractivity contribution >= 4 is 38.0 Å².